The van der Waals surface area contributed by atoms with E-state index in [1.54, 1.807) is 17.0 Å². The molecule has 7 heteroatoms. The van der Waals surface area contributed by atoms with E-state index in [0.717, 1.165) is 31.5 Å². The van der Waals surface area contributed by atoms with Gasteiger partial charge >= 0.3 is 0 Å². The van der Waals surface area contributed by atoms with Gasteiger partial charge in [-0.15, -0.1) is 0 Å². The number of piperidine rings is 1. The summed E-state index contributed by atoms with van der Waals surface area (Å²) in [5, 5.41) is 3.01. The Morgan fingerprint density at radius 2 is 1.42 bits per heavy atom. The topological polar surface area (TPSA) is 69.7 Å². The fourth-order valence-corrected chi connectivity index (χ4v) is 4.66. The average molecular weight is 452 g/mol. The summed E-state index contributed by atoms with van der Waals surface area (Å²) in [5.74, 6) is -0.851. The zero-order valence-electron chi connectivity index (χ0n) is 18.9. The standard InChI is InChI=1S/C26H30FN3O3/c1-18-4-6-20(7-5-18)24(31)28-23(26(33)29-14-2-3-15-29)19-12-16-30(17-13-19)25(32)21-8-10-22(27)11-9-21/h4-11,19,23H,2-3,12-17H2,1H3,(H,28,31). The number of rotatable bonds is 5. The van der Waals surface area contributed by atoms with Crippen molar-refractivity contribution in [1.29, 1.82) is 0 Å². The summed E-state index contributed by atoms with van der Waals surface area (Å²) in [7, 11) is 0. The first kappa shape index (κ1) is 23.0. The highest BCUT2D eigenvalue weighted by atomic mass is 19.1. The van der Waals surface area contributed by atoms with E-state index in [4.69, 9.17) is 0 Å². The van der Waals surface area contributed by atoms with Crippen molar-refractivity contribution in [3.05, 3.63) is 71.0 Å². The van der Waals surface area contributed by atoms with E-state index in [1.165, 1.54) is 24.3 Å². The predicted octanol–water partition coefficient (Wildman–Crippen LogP) is 3.41. The van der Waals surface area contributed by atoms with Crippen molar-refractivity contribution in [3.63, 3.8) is 0 Å². The van der Waals surface area contributed by atoms with Crippen molar-refractivity contribution in [2.75, 3.05) is 26.2 Å². The van der Waals surface area contributed by atoms with E-state index in [9.17, 15) is 18.8 Å². The molecule has 0 spiro atoms. The lowest BCUT2D eigenvalue weighted by atomic mass is 9.88. The predicted molar refractivity (Wildman–Crippen MR) is 123 cm³/mol. The van der Waals surface area contributed by atoms with Gasteiger partial charge in [0.2, 0.25) is 5.91 Å². The van der Waals surface area contributed by atoms with Crippen LogP contribution in [0, 0.1) is 18.7 Å². The zero-order valence-corrected chi connectivity index (χ0v) is 18.9. The molecule has 3 amide bonds. The minimum absolute atomic E-state index is 0.0312. The first-order valence-electron chi connectivity index (χ1n) is 11.6. The van der Waals surface area contributed by atoms with Crippen LogP contribution in [0.15, 0.2) is 48.5 Å². The third-order valence-electron chi connectivity index (χ3n) is 6.67. The molecule has 2 aromatic carbocycles. The van der Waals surface area contributed by atoms with Crippen LogP contribution in [0.1, 0.15) is 52.0 Å². The fourth-order valence-electron chi connectivity index (χ4n) is 4.66. The van der Waals surface area contributed by atoms with Crippen LogP contribution in [0.5, 0.6) is 0 Å². The summed E-state index contributed by atoms with van der Waals surface area (Å²) in [6.07, 6.45) is 3.20. The molecule has 4 rings (SSSR count). The first-order valence-corrected chi connectivity index (χ1v) is 11.6. The molecule has 2 aliphatic heterocycles. The summed E-state index contributed by atoms with van der Waals surface area (Å²) in [6.45, 7) is 4.38. The molecule has 2 heterocycles. The SMILES string of the molecule is Cc1ccc(C(=O)NC(C(=O)N2CCCC2)C2CCN(C(=O)c3ccc(F)cc3)CC2)cc1. The van der Waals surface area contributed by atoms with Crippen LogP contribution < -0.4 is 5.32 Å². The van der Waals surface area contributed by atoms with Gasteiger partial charge in [-0.25, -0.2) is 4.39 Å². The van der Waals surface area contributed by atoms with Crippen LogP contribution in [0.25, 0.3) is 0 Å². The number of hydrogen-bond acceptors (Lipinski definition) is 3. The largest absolute Gasteiger partial charge is 0.341 e. The first-order chi connectivity index (χ1) is 15.9. The molecule has 0 saturated carbocycles. The molecular formula is C26H30FN3O3. The number of amides is 3. The Kier molecular flexibility index (Phi) is 7.06. The molecule has 1 unspecified atom stereocenters. The van der Waals surface area contributed by atoms with Gasteiger partial charge in [-0.2, -0.15) is 0 Å². The second-order valence-corrected chi connectivity index (χ2v) is 8.99. The maximum Gasteiger partial charge on any atom is 0.253 e. The van der Waals surface area contributed by atoms with Gasteiger partial charge in [-0.05, 0) is 74.9 Å². The van der Waals surface area contributed by atoms with Crippen molar-refractivity contribution in [2.45, 2.75) is 38.6 Å². The van der Waals surface area contributed by atoms with Crippen molar-refractivity contribution in [3.8, 4) is 0 Å². The molecule has 1 atom stereocenters. The molecule has 33 heavy (non-hydrogen) atoms. The second kappa shape index (κ2) is 10.1. The van der Waals surface area contributed by atoms with Crippen LogP contribution in [0.2, 0.25) is 0 Å². The molecular weight excluding hydrogens is 421 g/mol. The number of nitrogens with zero attached hydrogens (tertiary/aromatic N) is 2. The van der Waals surface area contributed by atoms with Crippen molar-refractivity contribution in [2.24, 2.45) is 5.92 Å². The van der Waals surface area contributed by atoms with Crippen molar-refractivity contribution in [1.82, 2.24) is 15.1 Å². The molecule has 2 aromatic rings. The highest BCUT2D eigenvalue weighted by molar-refractivity contribution is 5.98. The maximum absolute atomic E-state index is 13.3. The summed E-state index contributed by atoms with van der Waals surface area (Å²) >= 11 is 0. The van der Waals surface area contributed by atoms with Gasteiger partial charge in [0.05, 0.1) is 0 Å². The highest BCUT2D eigenvalue weighted by Crippen LogP contribution is 2.25. The van der Waals surface area contributed by atoms with Gasteiger partial charge in [0.15, 0.2) is 0 Å². The third kappa shape index (κ3) is 5.41. The van der Waals surface area contributed by atoms with Crippen molar-refractivity contribution < 1.29 is 18.8 Å². The Morgan fingerprint density at radius 3 is 2.03 bits per heavy atom. The van der Waals surface area contributed by atoms with E-state index in [1.807, 2.05) is 24.0 Å². The number of carbonyl (C=O) groups is 3. The Hall–Kier alpha value is -3.22. The zero-order chi connectivity index (χ0) is 23.4. The van der Waals surface area contributed by atoms with Crippen LogP contribution in [0.3, 0.4) is 0 Å². The molecule has 0 aliphatic carbocycles. The van der Waals surface area contributed by atoms with E-state index >= 15 is 0 Å². The lowest BCUT2D eigenvalue weighted by Gasteiger charge is -2.37. The minimum atomic E-state index is -0.611. The van der Waals surface area contributed by atoms with E-state index in [-0.39, 0.29) is 29.5 Å². The smallest absolute Gasteiger partial charge is 0.253 e. The van der Waals surface area contributed by atoms with E-state index in [0.29, 0.717) is 37.1 Å². The molecule has 0 aromatic heterocycles. The number of hydrogen-bond donors (Lipinski definition) is 1. The summed E-state index contributed by atoms with van der Waals surface area (Å²) < 4.78 is 13.2. The Morgan fingerprint density at radius 1 is 0.848 bits per heavy atom. The molecule has 174 valence electrons. The van der Waals surface area contributed by atoms with Gasteiger partial charge in [0.25, 0.3) is 11.8 Å². The maximum atomic E-state index is 13.3. The normalized spacial score (nSPS) is 17.6. The van der Waals surface area contributed by atoms with Gasteiger partial charge in [0, 0.05) is 37.3 Å². The van der Waals surface area contributed by atoms with Crippen LogP contribution >= 0.6 is 0 Å². The third-order valence-corrected chi connectivity index (χ3v) is 6.67. The second-order valence-electron chi connectivity index (χ2n) is 8.99. The molecule has 2 saturated heterocycles. The Bertz CT molecular complexity index is 992. The Balaban J connectivity index is 1.45. The van der Waals surface area contributed by atoms with Gasteiger partial charge < -0.3 is 15.1 Å². The van der Waals surface area contributed by atoms with Crippen LogP contribution in [-0.4, -0.2) is 59.7 Å². The number of aryl methyl sites for hydroxylation is 1. The van der Waals surface area contributed by atoms with E-state index in [2.05, 4.69) is 5.32 Å². The highest BCUT2D eigenvalue weighted by Gasteiger charge is 2.37. The summed E-state index contributed by atoms with van der Waals surface area (Å²) in [5.41, 5.74) is 2.05. The van der Waals surface area contributed by atoms with E-state index < -0.39 is 6.04 Å². The summed E-state index contributed by atoms with van der Waals surface area (Å²) in [6, 6.07) is 12.2. The molecule has 1 N–H and O–H groups in total. The number of likely N-dealkylation sites (tertiary alicyclic amines) is 2. The van der Waals surface area contributed by atoms with Crippen LogP contribution in [-0.2, 0) is 4.79 Å². The Labute approximate surface area is 193 Å². The minimum Gasteiger partial charge on any atom is -0.341 e. The molecule has 0 radical (unpaired) electrons. The molecule has 2 fully saturated rings. The molecule has 2 aliphatic rings. The number of carbonyl (C=O) groups excluding carboxylic acids is 3. The average Bonchev–Trinajstić information content (AvgIpc) is 3.38. The van der Waals surface area contributed by atoms with Gasteiger partial charge in [-0.1, -0.05) is 17.7 Å². The molecule has 0 bridgehead atoms. The fraction of sp³-hybridized carbons (Fsp3) is 0.423. The van der Waals surface area contributed by atoms with Crippen LogP contribution in [0.4, 0.5) is 4.39 Å². The summed E-state index contributed by atoms with van der Waals surface area (Å²) in [4.78, 5) is 42.6. The van der Waals surface area contributed by atoms with Gasteiger partial charge in [0.1, 0.15) is 11.9 Å². The number of benzene rings is 2. The monoisotopic (exact) mass is 451 g/mol. The lowest BCUT2D eigenvalue weighted by molar-refractivity contribution is -0.134. The number of halogens is 1. The van der Waals surface area contributed by atoms with Gasteiger partial charge in [-0.3, -0.25) is 14.4 Å². The molecule has 6 nitrogen and oxygen atoms in total. The number of nitrogens with one attached hydrogen (secondary N) is 1. The lowest BCUT2D eigenvalue weighted by Crippen LogP contribution is -2.54. The van der Waals surface area contributed by atoms with Crippen molar-refractivity contribution >= 4 is 17.7 Å². The quantitative estimate of drug-likeness (QED) is 0.758.